The number of hydrogen-bond acceptors (Lipinski definition) is 6. The van der Waals surface area contributed by atoms with E-state index < -0.39 is 17.4 Å². The molecule has 0 aromatic heterocycles. The third-order valence-corrected chi connectivity index (χ3v) is 9.21. The summed E-state index contributed by atoms with van der Waals surface area (Å²) in [6.07, 6.45) is 3.91. The molecule has 0 N–H and O–H groups in total. The fourth-order valence-corrected chi connectivity index (χ4v) is 7.01. The van der Waals surface area contributed by atoms with Crippen LogP contribution in [0.5, 0.6) is 0 Å². The molecule has 2 heterocycles. The van der Waals surface area contributed by atoms with Crippen LogP contribution in [-0.4, -0.2) is 53.8 Å². The van der Waals surface area contributed by atoms with Crippen molar-refractivity contribution in [1.82, 2.24) is 4.90 Å². The molecule has 2 unspecified atom stereocenters. The molecule has 45 heavy (non-hydrogen) atoms. The van der Waals surface area contributed by atoms with E-state index >= 15 is 0 Å². The van der Waals surface area contributed by atoms with Crippen molar-refractivity contribution in [2.75, 3.05) is 19.7 Å². The monoisotopic (exact) mass is 612 g/mol. The van der Waals surface area contributed by atoms with E-state index in [0.29, 0.717) is 37.4 Å². The molecule has 3 aliphatic rings. The predicted octanol–water partition coefficient (Wildman–Crippen LogP) is 8.14. The van der Waals surface area contributed by atoms with Gasteiger partial charge in [-0.05, 0) is 80.9 Å². The first-order chi connectivity index (χ1) is 21.3. The highest BCUT2D eigenvalue weighted by atomic mass is 16.6. The highest BCUT2D eigenvalue weighted by molar-refractivity contribution is 6.12. The normalized spacial score (nSPS) is 22.0. The highest BCUT2D eigenvalue weighted by Crippen LogP contribution is 2.47. The first-order valence-electron chi connectivity index (χ1n) is 16.5. The van der Waals surface area contributed by atoms with Crippen LogP contribution in [0.3, 0.4) is 0 Å². The Morgan fingerprint density at radius 1 is 0.933 bits per heavy atom. The predicted molar refractivity (Wildman–Crippen MR) is 177 cm³/mol. The number of fused-ring (bicyclic) bond motifs is 1. The zero-order valence-corrected chi connectivity index (χ0v) is 27.7. The van der Waals surface area contributed by atoms with Crippen molar-refractivity contribution in [3.05, 3.63) is 71.4 Å². The Morgan fingerprint density at radius 3 is 2.20 bits per heavy atom. The molecular formula is C38H48N2O5. The van der Waals surface area contributed by atoms with E-state index in [1.807, 2.05) is 45.9 Å². The Kier molecular flexibility index (Phi) is 9.66. The van der Waals surface area contributed by atoms with Gasteiger partial charge in [0.15, 0.2) is 0 Å². The third kappa shape index (κ3) is 7.74. The lowest BCUT2D eigenvalue weighted by Crippen LogP contribution is -2.44. The molecular weight excluding hydrogens is 564 g/mol. The van der Waals surface area contributed by atoms with Crippen LogP contribution in [0.2, 0.25) is 0 Å². The van der Waals surface area contributed by atoms with Gasteiger partial charge >= 0.3 is 12.1 Å². The number of rotatable bonds is 7. The Hall–Kier alpha value is -3.74. The molecule has 2 atom stereocenters. The van der Waals surface area contributed by atoms with Gasteiger partial charge in [-0.2, -0.15) is 0 Å². The number of nitrogens with zero attached hydrogens (tertiary/aromatic N) is 2. The summed E-state index contributed by atoms with van der Waals surface area (Å²) >= 11 is 0. The summed E-state index contributed by atoms with van der Waals surface area (Å²) in [4.78, 5) is 46.9. The lowest BCUT2D eigenvalue weighted by molar-refractivity contribution is -0.140. The molecule has 7 heteroatoms. The van der Waals surface area contributed by atoms with Crippen LogP contribution in [-0.2, 0) is 19.1 Å². The van der Waals surface area contributed by atoms with Crippen molar-refractivity contribution in [3.63, 3.8) is 0 Å². The molecule has 1 aliphatic carbocycles. The number of aliphatic imine (C=N–C) groups is 1. The number of Topliss-reactive ketones (excluding diaryl/α,β-unsaturated/α-hetero) is 1. The van der Waals surface area contributed by atoms with E-state index in [2.05, 4.69) is 50.2 Å². The van der Waals surface area contributed by atoms with E-state index in [-0.39, 0.29) is 29.9 Å². The number of ketones is 1. The van der Waals surface area contributed by atoms with Crippen LogP contribution in [0.15, 0.2) is 70.9 Å². The van der Waals surface area contributed by atoms with Gasteiger partial charge in [0.2, 0.25) is 0 Å². The molecule has 2 aliphatic heterocycles. The number of carbonyl (C=O) groups excluding carboxylic acids is 3. The molecule has 2 aromatic rings. The lowest BCUT2D eigenvalue weighted by atomic mass is 9.63. The number of hydrogen-bond donors (Lipinski definition) is 0. The van der Waals surface area contributed by atoms with Crippen molar-refractivity contribution in [3.8, 4) is 11.1 Å². The highest BCUT2D eigenvalue weighted by Gasteiger charge is 2.48. The second-order valence-corrected chi connectivity index (χ2v) is 14.6. The van der Waals surface area contributed by atoms with Gasteiger partial charge in [0.25, 0.3) is 0 Å². The molecule has 5 rings (SSSR count). The van der Waals surface area contributed by atoms with Gasteiger partial charge in [0, 0.05) is 31.1 Å². The zero-order valence-electron chi connectivity index (χ0n) is 27.7. The maximum Gasteiger partial charge on any atom is 0.410 e. The minimum absolute atomic E-state index is 0.138. The van der Waals surface area contributed by atoms with Gasteiger partial charge in [-0.15, -0.1) is 0 Å². The van der Waals surface area contributed by atoms with Crippen molar-refractivity contribution >= 4 is 23.6 Å². The van der Waals surface area contributed by atoms with E-state index in [9.17, 15) is 14.4 Å². The topological polar surface area (TPSA) is 85.3 Å². The van der Waals surface area contributed by atoms with E-state index in [0.717, 1.165) is 53.8 Å². The average molecular weight is 613 g/mol. The molecule has 0 bridgehead atoms. The molecule has 2 aromatic carbocycles. The molecule has 0 radical (unpaired) electrons. The summed E-state index contributed by atoms with van der Waals surface area (Å²) in [6, 6.07) is 18.5. The Morgan fingerprint density at radius 2 is 1.58 bits per heavy atom. The largest absolute Gasteiger partial charge is 0.462 e. The summed E-state index contributed by atoms with van der Waals surface area (Å²) in [5.74, 6) is -0.772. The van der Waals surface area contributed by atoms with Crippen LogP contribution in [0, 0.1) is 17.3 Å². The number of allylic oxidation sites excluding steroid dienone is 1. The van der Waals surface area contributed by atoms with Gasteiger partial charge in [-0.3, -0.25) is 9.79 Å². The summed E-state index contributed by atoms with van der Waals surface area (Å²) in [5, 5.41) is 0. The molecule has 1 saturated carbocycles. The zero-order chi connectivity index (χ0) is 32.4. The molecule has 240 valence electrons. The first-order valence-corrected chi connectivity index (χ1v) is 16.5. The SMILES string of the molecule is CCC1=C(C(=O)OCCC2CCN(C(=O)OC(C)(C)C)CC2)C(c2ccc(-c3ccccc3)cc2)C2C(=O)CC(C)(C)CC2=N1. The van der Waals surface area contributed by atoms with Crippen LogP contribution >= 0.6 is 0 Å². The van der Waals surface area contributed by atoms with Gasteiger partial charge in [0.1, 0.15) is 11.4 Å². The Bertz CT molecular complexity index is 1460. The first kappa shape index (κ1) is 32.6. The van der Waals surface area contributed by atoms with Crippen molar-refractivity contribution < 1.29 is 23.9 Å². The minimum Gasteiger partial charge on any atom is -0.462 e. The van der Waals surface area contributed by atoms with Gasteiger partial charge in [0.05, 0.1) is 23.8 Å². The van der Waals surface area contributed by atoms with Gasteiger partial charge in [-0.1, -0.05) is 75.4 Å². The van der Waals surface area contributed by atoms with E-state index in [1.54, 1.807) is 4.90 Å². The van der Waals surface area contributed by atoms with Crippen molar-refractivity contribution in [2.24, 2.45) is 22.2 Å². The maximum atomic E-state index is 13.9. The number of benzene rings is 2. The molecule has 1 saturated heterocycles. The Balaban J connectivity index is 1.33. The summed E-state index contributed by atoms with van der Waals surface area (Å²) in [7, 11) is 0. The average Bonchev–Trinajstić information content (AvgIpc) is 2.99. The second-order valence-electron chi connectivity index (χ2n) is 14.6. The van der Waals surface area contributed by atoms with Crippen LogP contribution in [0.1, 0.15) is 91.5 Å². The number of ether oxygens (including phenoxy) is 2. The molecule has 7 nitrogen and oxygen atoms in total. The van der Waals surface area contributed by atoms with E-state index in [1.165, 1.54) is 0 Å². The minimum atomic E-state index is -0.516. The Labute approximate surface area is 268 Å². The van der Waals surface area contributed by atoms with Crippen LogP contribution in [0.25, 0.3) is 11.1 Å². The number of carbonyl (C=O) groups is 3. The van der Waals surface area contributed by atoms with Gasteiger partial charge in [-0.25, -0.2) is 9.59 Å². The molecule has 2 fully saturated rings. The fraction of sp³-hybridized carbons (Fsp3) is 0.526. The number of piperidine rings is 1. The van der Waals surface area contributed by atoms with Crippen LogP contribution in [0.4, 0.5) is 4.79 Å². The number of esters is 1. The smallest absolute Gasteiger partial charge is 0.410 e. The second kappa shape index (κ2) is 13.3. The van der Waals surface area contributed by atoms with Gasteiger partial charge < -0.3 is 14.4 Å². The van der Waals surface area contributed by atoms with Crippen LogP contribution < -0.4 is 0 Å². The van der Waals surface area contributed by atoms with Crippen molar-refractivity contribution in [1.29, 1.82) is 0 Å². The third-order valence-electron chi connectivity index (χ3n) is 9.21. The fourth-order valence-electron chi connectivity index (χ4n) is 7.01. The standard InChI is InChI=1S/C38H48N2O5/c1-7-29-34(35(42)44-22-19-25-17-20-40(21-18-25)36(43)45-37(2,3)4)32(33-30(39-29)23-38(5,6)24-31(33)41)28-15-13-27(14-16-28)26-11-9-8-10-12-26/h8-16,25,32-33H,7,17-24H2,1-6H3. The summed E-state index contributed by atoms with van der Waals surface area (Å²) in [6.45, 7) is 13.4. The maximum absolute atomic E-state index is 13.9. The van der Waals surface area contributed by atoms with Crippen molar-refractivity contribution in [2.45, 2.75) is 91.6 Å². The molecule has 1 amide bonds. The summed E-state index contributed by atoms with van der Waals surface area (Å²) < 4.78 is 11.5. The number of likely N-dealkylation sites (tertiary alicyclic amines) is 1. The molecule has 0 spiro atoms. The van der Waals surface area contributed by atoms with E-state index in [4.69, 9.17) is 14.5 Å². The number of amides is 1. The lowest BCUT2D eigenvalue weighted by Gasteiger charge is -2.41. The quantitative estimate of drug-likeness (QED) is 0.295. The summed E-state index contributed by atoms with van der Waals surface area (Å²) in [5.41, 5.74) is 4.59.